The van der Waals surface area contributed by atoms with Crippen molar-refractivity contribution in [3.05, 3.63) is 71.3 Å². The average Bonchev–Trinajstić information content (AvgIpc) is 3.50. The van der Waals surface area contributed by atoms with Crippen molar-refractivity contribution in [2.24, 2.45) is 0 Å². The summed E-state index contributed by atoms with van der Waals surface area (Å²) in [5.74, 6) is 1.43. The smallest absolute Gasteiger partial charge is 0.306 e. The monoisotopic (exact) mass is 920 g/mol. The molecule has 0 saturated heterocycles. The number of furan rings is 1. The Morgan fingerprint density at radius 1 is 0.672 bits per heavy atom. The van der Waals surface area contributed by atoms with Crippen molar-refractivity contribution in [1.29, 1.82) is 0 Å². The molecule has 0 aliphatic carbocycles. The van der Waals surface area contributed by atoms with Crippen LogP contribution in [0.15, 0.2) is 53.0 Å². The molecule has 64 heavy (non-hydrogen) atoms. The highest BCUT2D eigenvalue weighted by molar-refractivity contribution is 7.45. The number of esters is 2. The molecular formula is C52H90NO10P. The third kappa shape index (κ3) is 34.5. The summed E-state index contributed by atoms with van der Waals surface area (Å²) in [6, 6.07) is 0. The number of nitrogens with zero attached hydrogens (tertiary/aromatic N) is 1. The van der Waals surface area contributed by atoms with Crippen LogP contribution in [-0.4, -0.2) is 81.2 Å². The van der Waals surface area contributed by atoms with Gasteiger partial charge in [0, 0.05) is 25.7 Å². The van der Waals surface area contributed by atoms with E-state index in [1.807, 2.05) is 34.1 Å². The summed E-state index contributed by atoms with van der Waals surface area (Å²) < 4.78 is 40.2. The Balaban J connectivity index is 2.34. The second kappa shape index (κ2) is 37.3. The molecule has 12 heteroatoms. The van der Waals surface area contributed by atoms with E-state index in [2.05, 4.69) is 63.3 Å². The number of phosphoric ester groups is 1. The first-order valence-corrected chi connectivity index (χ1v) is 26.2. The number of likely N-dealkylation sites (N-methyl/N-ethyl adjacent to an activating group) is 1. The Morgan fingerprint density at radius 3 is 1.69 bits per heavy atom. The van der Waals surface area contributed by atoms with E-state index in [0.717, 1.165) is 70.6 Å². The number of rotatable bonds is 41. The molecule has 0 spiro atoms. The molecule has 1 rings (SSSR count). The summed E-state index contributed by atoms with van der Waals surface area (Å²) in [6.45, 7) is 8.04. The van der Waals surface area contributed by atoms with Crippen LogP contribution in [0.1, 0.15) is 184 Å². The molecule has 0 amide bonds. The fraction of sp³-hybridized carbons (Fsp3) is 0.731. The molecule has 1 heterocycles. The predicted molar refractivity (Wildman–Crippen MR) is 259 cm³/mol. The molecule has 0 aromatic carbocycles. The number of ether oxygens (including phenoxy) is 2. The normalized spacial score (nSPS) is 14.3. The molecule has 0 saturated carbocycles. The van der Waals surface area contributed by atoms with Crippen LogP contribution in [0.3, 0.4) is 0 Å². The summed E-state index contributed by atoms with van der Waals surface area (Å²) in [5, 5.41) is 9.29. The first kappa shape index (κ1) is 59.2. The van der Waals surface area contributed by atoms with Gasteiger partial charge >= 0.3 is 11.9 Å². The van der Waals surface area contributed by atoms with Crippen LogP contribution in [0.5, 0.6) is 0 Å². The summed E-state index contributed by atoms with van der Waals surface area (Å²) in [4.78, 5) is 37.7. The summed E-state index contributed by atoms with van der Waals surface area (Å²) in [6.07, 6.45) is 39.5. The number of quaternary nitrogens is 1. The molecule has 11 nitrogen and oxygen atoms in total. The number of carbonyl (C=O) groups excluding carboxylic acids is 2. The van der Waals surface area contributed by atoms with Crippen molar-refractivity contribution in [2.75, 3.05) is 47.5 Å². The minimum absolute atomic E-state index is 0.0520. The Kier molecular flexibility index (Phi) is 34.5. The van der Waals surface area contributed by atoms with Gasteiger partial charge in [0.25, 0.3) is 7.82 Å². The van der Waals surface area contributed by atoms with Crippen LogP contribution in [0, 0.1) is 13.8 Å². The quantitative estimate of drug-likeness (QED) is 0.0221. The molecule has 0 aliphatic heterocycles. The van der Waals surface area contributed by atoms with Crippen molar-refractivity contribution in [3.63, 3.8) is 0 Å². The molecule has 3 atom stereocenters. The fourth-order valence-electron chi connectivity index (χ4n) is 6.90. The van der Waals surface area contributed by atoms with Gasteiger partial charge in [0.2, 0.25) is 0 Å². The Labute approximate surface area is 389 Å². The number of aliphatic hydroxyl groups is 1. The van der Waals surface area contributed by atoms with Crippen molar-refractivity contribution in [1.82, 2.24) is 0 Å². The number of hydrogen-bond acceptors (Lipinski definition) is 10. The van der Waals surface area contributed by atoms with Crippen LogP contribution in [-0.2, 0) is 45.5 Å². The van der Waals surface area contributed by atoms with Gasteiger partial charge < -0.3 is 37.4 Å². The van der Waals surface area contributed by atoms with Gasteiger partial charge in [-0.3, -0.25) is 14.2 Å². The van der Waals surface area contributed by atoms with Gasteiger partial charge in [0.1, 0.15) is 31.3 Å². The maximum atomic E-state index is 12.8. The van der Waals surface area contributed by atoms with Gasteiger partial charge in [-0.15, -0.1) is 0 Å². The molecule has 368 valence electrons. The van der Waals surface area contributed by atoms with Gasteiger partial charge in [-0.2, -0.15) is 0 Å². The number of unbranched alkanes of at least 4 members (excludes halogenated alkanes) is 13. The van der Waals surface area contributed by atoms with Crippen LogP contribution < -0.4 is 4.89 Å². The van der Waals surface area contributed by atoms with E-state index in [1.54, 1.807) is 0 Å². The maximum Gasteiger partial charge on any atom is 0.306 e. The Bertz CT molecular complexity index is 1520. The number of aliphatic hydroxyl groups excluding tert-OH is 1. The zero-order valence-corrected chi connectivity index (χ0v) is 42.2. The van der Waals surface area contributed by atoms with E-state index in [9.17, 15) is 24.2 Å². The molecule has 0 fully saturated rings. The zero-order valence-electron chi connectivity index (χ0n) is 41.3. The Hall–Kier alpha value is -2.79. The minimum Gasteiger partial charge on any atom is -0.756 e. The van der Waals surface area contributed by atoms with Crippen molar-refractivity contribution >= 4 is 19.8 Å². The highest BCUT2D eigenvalue weighted by Gasteiger charge is 2.22. The molecule has 1 aromatic rings. The van der Waals surface area contributed by atoms with E-state index in [-0.39, 0.29) is 32.2 Å². The molecule has 1 unspecified atom stereocenters. The van der Waals surface area contributed by atoms with Crippen molar-refractivity contribution < 1.29 is 51.6 Å². The third-order valence-electron chi connectivity index (χ3n) is 11.1. The summed E-state index contributed by atoms with van der Waals surface area (Å²) in [7, 11) is 1.10. The Morgan fingerprint density at radius 2 is 1.16 bits per heavy atom. The van der Waals surface area contributed by atoms with E-state index >= 15 is 0 Å². The molecule has 1 aromatic heterocycles. The van der Waals surface area contributed by atoms with Crippen LogP contribution in [0.4, 0.5) is 0 Å². The van der Waals surface area contributed by atoms with Crippen LogP contribution >= 0.6 is 7.82 Å². The standard InChI is InChI=1S/C52H90NO10P/c1-8-9-31-37-49-46(3)47(4)50(63-49)38-33-28-24-20-17-18-22-26-30-35-40-52(56)62-48(44-61-64(57,58)60-42-41-53(5,6)7)43-59-51(55)39-34-29-25-21-16-14-12-10-11-13-15-19-23-27-32-36-45(2)54/h11-14,19,21,23,25,45,48,54H,8-10,15-18,20,22,24,26-44H2,1-7H3/b13-11-,14-12-,23-19-,25-21-/t45-,48-/m1/s1. The van der Waals surface area contributed by atoms with Gasteiger partial charge in [-0.1, -0.05) is 120 Å². The number of phosphoric acid groups is 1. The number of carbonyl (C=O) groups is 2. The van der Waals surface area contributed by atoms with E-state index in [1.165, 1.54) is 80.4 Å². The lowest BCUT2D eigenvalue weighted by Crippen LogP contribution is -2.37. The lowest BCUT2D eigenvalue weighted by Gasteiger charge is -2.28. The van der Waals surface area contributed by atoms with Gasteiger partial charge in [0.15, 0.2) is 6.10 Å². The van der Waals surface area contributed by atoms with Gasteiger partial charge in [-0.05, 0) is 103 Å². The lowest BCUT2D eigenvalue weighted by molar-refractivity contribution is -0.870. The second-order valence-corrected chi connectivity index (χ2v) is 19.8. The molecular weight excluding hydrogens is 830 g/mol. The molecule has 1 N–H and O–H groups in total. The molecule has 0 radical (unpaired) electrons. The first-order chi connectivity index (χ1) is 30.6. The molecule has 0 bridgehead atoms. The number of aryl methyl sites for hydroxylation is 2. The van der Waals surface area contributed by atoms with Crippen molar-refractivity contribution in [2.45, 2.75) is 200 Å². The highest BCUT2D eigenvalue weighted by Crippen LogP contribution is 2.38. The summed E-state index contributed by atoms with van der Waals surface area (Å²) in [5.41, 5.74) is 2.68. The highest BCUT2D eigenvalue weighted by atomic mass is 31.2. The number of hydrogen-bond donors (Lipinski definition) is 1. The van der Waals surface area contributed by atoms with Crippen LogP contribution in [0.2, 0.25) is 0 Å². The molecule has 0 aliphatic rings. The fourth-order valence-corrected chi connectivity index (χ4v) is 7.63. The topological polar surface area (TPSA) is 145 Å². The predicted octanol–water partition coefficient (Wildman–Crippen LogP) is 12.2. The van der Waals surface area contributed by atoms with Gasteiger partial charge in [0.05, 0.1) is 33.9 Å². The van der Waals surface area contributed by atoms with E-state index in [4.69, 9.17) is 22.9 Å². The second-order valence-electron chi connectivity index (χ2n) is 18.3. The maximum absolute atomic E-state index is 12.8. The first-order valence-electron chi connectivity index (χ1n) is 24.7. The van der Waals surface area contributed by atoms with Crippen LogP contribution in [0.25, 0.3) is 0 Å². The lowest BCUT2D eigenvalue weighted by atomic mass is 10.0. The number of allylic oxidation sites excluding steroid dienone is 8. The SMILES string of the molecule is CCCCCc1oc(CCCCCCCCCCCCC(=O)O[C@H](COC(=O)CCC/C=C\C/C=C\C/C=C\C/C=C\CCC[C@@H](C)O)COP(=O)([O-])OCC[N+](C)(C)C)c(C)c1C. The summed E-state index contributed by atoms with van der Waals surface area (Å²) >= 11 is 0. The van der Waals surface area contributed by atoms with E-state index in [0.29, 0.717) is 30.3 Å². The van der Waals surface area contributed by atoms with E-state index < -0.39 is 32.5 Å². The average molecular weight is 920 g/mol. The van der Waals surface area contributed by atoms with Gasteiger partial charge in [-0.25, -0.2) is 0 Å². The third-order valence-corrected chi connectivity index (χ3v) is 12.0. The minimum atomic E-state index is -4.66. The zero-order chi connectivity index (χ0) is 47.3. The largest absolute Gasteiger partial charge is 0.756 e. The van der Waals surface area contributed by atoms with Crippen molar-refractivity contribution in [3.8, 4) is 0 Å².